The molecule has 2 aliphatic heterocycles. The molecule has 3 aromatic rings. The first-order chi connectivity index (χ1) is 15.8. The first-order valence-electron chi connectivity index (χ1n) is 11.1. The average molecular weight is 564 g/mol. The number of nitrogens with zero attached hydrogens (tertiary/aromatic N) is 4. The zero-order valence-corrected chi connectivity index (χ0v) is 21.0. The number of hydrogen-bond acceptors (Lipinski definition) is 6. The summed E-state index contributed by atoms with van der Waals surface area (Å²) in [6.07, 6.45) is 3.80. The van der Waals surface area contributed by atoms with Crippen LogP contribution in [0.1, 0.15) is 31.2 Å². The highest BCUT2D eigenvalue weighted by Crippen LogP contribution is 2.40. The van der Waals surface area contributed by atoms with Gasteiger partial charge in [0, 0.05) is 37.9 Å². The molecule has 2 aromatic heterocycles. The lowest BCUT2D eigenvalue weighted by Gasteiger charge is -2.38. The second-order valence-corrected chi connectivity index (χ2v) is 8.05. The number of fused-ring (bicyclic) bond motifs is 2. The molecule has 1 aromatic carbocycles. The molecular formula is C23H29IN6O3. The molecule has 1 saturated heterocycles. The molecule has 1 fully saturated rings. The van der Waals surface area contributed by atoms with Crippen molar-refractivity contribution in [2.24, 2.45) is 4.99 Å². The van der Waals surface area contributed by atoms with Crippen molar-refractivity contribution in [1.82, 2.24) is 25.2 Å². The topological polar surface area (TPSA) is 94.3 Å². The summed E-state index contributed by atoms with van der Waals surface area (Å²) < 4.78 is 18.8. The van der Waals surface area contributed by atoms with Gasteiger partial charge in [-0.2, -0.15) is 0 Å². The van der Waals surface area contributed by atoms with E-state index < -0.39 is 0 Å². The Morgan fingerprint density at radius 3 is 2.79 bits per heavy atom. The number of aliphatic imine (C=N–C) groups is 1. The van der Waals surface area contributed by atoms with Gasteiger partial charge in [0.25, 0.3) is 0 Å². The van der Waals surface area contributed by atoms with E-state index in [-0.39, 0.29) is 36.2 Å². The van der Waals surface area contributed by atoms with E-state index in [9.17, 15) is 0 Å². The van der Waals surface area contributed by atoms with Crippen molar-refractivity contribution in [2.45, 2.75) is 31.7 Å². The third kappa shape index (κ3) is 5.01. The van der Waals surface area contributed by atoms with Gasteiger partial charge in [0.05, 0.1) is 0 Å². The first-order valence-corrected chi connectivity index (χ1v) is 11.1. The highest BCUT2D eigenvalue weighted by atomic mass is 127. The smallest absolute Gasteiger partial charge is 0.231 e. The molecule has 0 atom stereocenters. The number of benzene rings is 1. The summed E-state index contributed by atoms with van der Waals surface area (Å²) in [5, 5.41) is 15.4. The van der Waals surface area contributed by atoms with Gasteiger partial charge in [-0.15, -0.1) is 34.2 Å². The van der Waals surface area contributed by atoms with E-state index in [4.69, 9.17) is 19.2 Å². The van der Waals surface area contributed by atoms with Crippen LogP contribution in [0, 0.1) is 0 Å². The van der Waals surface area contributed by atoms with Crippen LogP contribution in [0.25, 0.3) is 5.65 Å². The molecule has 33 heavy (non-hydrogen) atoms. The summed E-state index contributed by atoms with van der Waals surface area (Å²) in [6, 6.07) is 12.1. The van der Waals surface area contributed by atoms with E-state index in [0.29, 0.717) is 6.54 Å². The number of rotatable bonds is 6. The SMILES string of the molecule is CCNC(=NCc1nnc2ccccn12)NCC1(c2ccc3c(c2)OCO3)CCOCC1.I. The lowest BCUT2D eigenvalue weighted by molar-refractivity contribution is 0.0513. The highest BCUT2D eigenvalue weighted by molar-refractivity contribution is 14.0. The minimum atomic E-state index is -0.0724. The van der Waals surface area contributed by atoms with Gasteiger partial charge in [0.2, 0.25) is 6.79 Å². The summed E-state index contributed by atoms with van der Waals surface area (Å²) in [4.78, 5) is 4.77. The van der Waals surface area contributed by atoms with Crippen LogP contribution in [0.2, 0.25) is 0 Å². The minimum Gasteiger partial charge on any atom is -0.454 e. The molecular weight excluding hydrogens is 535 g/mol. The number of pyridine rings is 1. The number of hydrogen-bond donors (Lipinski definition) is 2. The van der Waals surface area contributed by atoms with E-state index in [1.807, 2.05) is 34.9 Å². The lowest BCUT2D eigenvalue weighted by Crippen LogP contribution is -2.48. The molecule has 0 amide bonds. The Labute approximate surface area is 209 Å². The van der Waals surface area contributed by atoms with Gasteiger partial charge in [-0.05, 0) is 49.6 Å². The third-order valence-electron chi connectivity index (χ3n) is 6.14. The second-order valence-electron chi connectivity index (χ2n) is 8.05. The van der Waals surface area contributed by atoms with Crippen LogP contribution in [0.4, 0.5) is 0 Å². The van der Waals surface area contributed by atoms with Gasteiger partial charge >= 0.3 is 0 Å². The zero-order valence-electron chi connectivity index (χ0n) is 18.6. The molecule has 0 aliphatic carbocycles. The fraction of sp³-hybridized carbons (Fsp3) is 0.435. The van der Waals surface area contributed by atoms with Gasteiger partial charge < -0.3 is 24.8 Å². The molecule has 0 unspecified atom stereocenters. The molecule has 0 spiro atoms. The standard InChI is InChI=1S/C23H28N6O3.HI/c1-2-24-22(25-14-21-28-27-20-5-3-4-10-29(20)21)26-15-23(8-11-30-12-9-23)17-6-7-18-19(13-17)32-16-31-18;/h3-7,10,13H,2,8-9,11-12,14-16H2,1H3,(H2,24,25,26);1H. The summed E-state index contributed by atoms with van der Waals surface area (Å²) in [6.45, 7) is 5.74. The second kappa shape index (κ2) is 10.6. The predicted octanol–water partition coefficient (Wildman–Crippen LogP) is 2.88. The molecule has 0 bridgehead atoms. The fourth-order valence-electron chi connectivity index (χ4n) is 4.30. The number of nitrogens with one attached hydrogen (secondary N) is 2. The van der Waals surface area contributed by atoms with E-state index in [1.165, 1.54) is 5.56 Å². The molecule has 2 aliphatic rings. The highest BCUT2D eigenvalue weighted by Gasteiger charge is 2.36. The van der Waals surface area contributed by atoms with E-state index in [2.05, 4.69) is 39.9 Å². The summed E-state index contributed by atoms with van der Waals surface area (Å²) in [5.74, 6) is 3.17. The van der Waals surface area contributed by atoms with Crippen molar-refractivity contribution in [3.8, 4) is 11.5 Å². The van der Waals surface area contributed by atoms with Crippen molar-refractivity contribution in [3.63, 3.8) is 0 Å². The van der Waals surface area contributed by atoms with Crippen LogP contribution in [-0.4, -0.2) is 53.7 Å². The molecule has 176 valence electrons. The summed E-state index contributed by atoms with van der Waals surface area (Å²) in [7, 11) is 0. The van der Waals surface area contributed by atoms with Crippen molar-refractivity contribution in [2.75, 3.05) is 33.1 Å². The van der Waals surface area contributed by atoms with Crippen LogP contribution < -0.4 is 20.1 Å². The maximum atomic E-state index is 5.68. The fourth-order valence-corrected chi connectivity index (χ4v) is 4.30. The number of aromatic nitrogens is 3. The average Bonchev–Trinajstić information content (AvgIpc) is 3.48. The molecule has 5 rings (SSSR count). The molecule has 9 nitrogen and oxygen atoms in total. The lowest BCUT2D eigenvalue weighted by atomic mass is 9.74. The quantitative estimate of drug-likeness (QED) is 0.270. The van der Waals surface area contributed by atoms with Crippen LogP contribution in [0.15, 0.2) is 47.6 Å². The molecule has 10 heteroatoms. The van der Waals surface area contributed by atoms with Gasteiger partial charge in [-0.3, -0.25) is 4.40 Å². The predicted molar refractivity (Wildman–Crippen MR) is 136 cm³/mol. The Morgan fingerprint density at radius 2 is 1.94 bits per heavy atom. The first kappa shape index (κ1) is 23.6. The van der Waals surface area contributed by atoms with Gasteiger partial charge in [-0.25, -0.2) is 4.99 Å². The van der Waals surface area contributed by atoms with Crippen molar-refractivity contribution >= 4 is 35.6 Å². The normalized spacial score (nSPS) is 16.9. The van der Waals surface area contributed by atoms with Crippen LogP contribution in [0.5, 0.6) is 11.5 Å². The summed E-state index contributed by atoms with van der Waals surface area (Å²) in [5.41, 5.74) is 1.98. The number of guanidine groups is 1. The number of ether oxygens (including phenoxy) is 3. The van der Waals surface area contributed by atoms with E-state index in [1.54, 1.807) is 0 Å². The van der Waals surface area contributed by atoms with E-state index in [0.717, 1.165) is 68.1 Å². The molecule has 0 saturated carbocycles. The molecule has 2 N–H and O–H groups in total. The third-order valence-corrected chi connectivity index (χ3v) is 6.14. The molecule has 4 heterocycles. The van der Waals surface area contributed by atoms with Crippen LogP contribution in [-0.2, 0) is 16.7 Å². The van der Waals surface area contributed by atoms with Gasteiger partial charge in [0.15, 0.2) is 28.9 Å². The Kier molecular flexibility index (Phi) is 7.53. The van der Waals surface area contributed by atoms with Crippen molar-refractivity contribution in [3.05, 3.63) is 54.0 Å². The van der Waals surface area contributed by atoms with Crippen molar-refractivity contribution < 1.29 is 14.2 Å². The zero-order chi connectivity index (χ0) is 21.8. The minimum absolute atomic E-state index is 0. The Morgan fingerprint density at radius 1 is 1.09 bits per heavy atom. The monoisotopic (exact) mass is 564 g/mol. The maximum Gasteiger partial charge on any atom is 0.231 e. The van der Waals surface area contributed by atoms with Crippen molar-refractivity contribution in [1.29, 1.82) is 0 Å². The van der Waals surface area contributed by atoms with E-state index >= 15 is 0 Å². The molecule has 0 radical (unpaired) electrons. The largest absolute Gasteiger partial charge is 0.454 e. The Hall–Kier alpha value is -2.60. The van der Waals surface area contributed by atoms with Crippen LogP contribution >= 0.6 is 24.0 Å². The maximum absolute atomic E-state index is 5.68. The summed E-state index contributed by atoms with van der Waals surface area (Å²) >= 11 is 0. The number of halogens is 1. The Balaban J connectivity index is 0.00000259. The Bertz CT molecular complexity index is 1110. The van der Waals surface area contributed by atoms with Gasteiger partial charge in [-0.1, -0.05) is 12.1 Å². The van der Waals surface area contributed by atoms with Gasteiger partial charge in [0.1, 0.15) is 6.54 Å². The van der Waals surface area contributed by atoms with Crippen LogP contribution in [0.3, 0.4) is 0 Å².